The number of carbonyl (C=O) groups is 1. The zero-order valence-corrected chi connectivity index (χ0v) is 15.5. The summed E-state index contributed by atoms with van der Waals surface area (Å²) in [6.45, 7) is 6.46. The molecule has 0 radical (unpaired) electrons. The zero-order valence-electron chi connectivity index (χ0n) is 15.5. The molecule has 1 N–H and O–H groups in total. The molecule has 1 aliphatic heterocycles. The summed E-state index contributed by atoms with van der Waals surface area (Å²) in [4.78, 5) is 19.3. The average Bonchev–Trinajstić information content (AvgIpc) is 2.67. The molecule has 0 bridgehead atoms. The summed E-state index contributed by atoms with van der Waals surface area (Å²) >= 11 is 0. The Morgan fingerprint density at radius 1 is 1.04 bits per heavy atom. The first-order chi connectivity index (χ1) is 13.0. The van der Waals surface area contributed by atoms with E-state index in [4.69, 9.17) is 9.72 Å². The molecular formula is C22H22N2O3. The fraction of sp³-hybridized carbons (Fsp3) is 0.273. The predicted octanol–water partition coefficient (Wildman–Crippen LogP) is 4.05. The number of hydrogen-bond acceptors (Lipinski definition) is 4. The molecule has 0 atom stereocenters. The van der Waals surface area contributed by atoms with Crippen molar-refractivity contribution < 1.29 is 14.6 Å². The minimum absolute atomic E-state index is 0.321. The first-order valence-electron chi connectivity index (χ1n) is 9.12. The predicted molar refractivity (Wildman–Crippen MR) is 107 cm³/mol. The van der Waals surface area contributed by atoms with Crippen LogP contribution in [0.3, 0.4) is 0 Å². The fourth-order valence-corrected chi connectivity index (χ4v) is 3.59. The third-order valence-electron chi connectivity index (χ3n) is 4.98. The topological polar surface area (TPSA) is 62.7 Å². The molecule has 0 spiro atoms. The minimum Gasteiger partial charge on any atom is -0.478 e. The van der Waals surface area contributed by atoms with Crippen LogP contribution >= 0.6 is 0 Å². The van der Waals surface area contributed by atoms with Gasteiger partial charge < -0.3 is 14.7 Å². The number of rotatable bonds is 3. The maximum absolute atomic E-state index is 12.3. The van der Waals surface area contributed by atoms with E-state index >= 15 is 0 Å². The molecule has 0 aliphatic carbocycles. The molecule has 0 unspecified atom stereocenters. The molecular weight excluding hydrogens is 340 g/mol. The number of hydrogen-bond donors (Lipinski definition) is 1. The molecule has 5 heteroatoms. The number of benzene rings is 2. The van der Waals surface area contributed by atoms with Crippen LogP contribution in [0, 0.1) is 13.8 Å². The summed E-state index contributed by atoms with van der Waals surface area (Å²) in [5, 5.41) is 10.8. The normalized spacial score (nSPS) is 14.5. The number of nitrogens with zero attached hydrogens (tertiary/aromatic N) is 2. The van der Waals surface area contributed by atoms with Crippen LogP contribution in [0.25, 0.3) is 22.2 Å². The molecule has 4 rings (SSSR count). The van der Waals surface area contributed by atoms with Gasteiger partial charge in [-0.3, -0.25) is 0 Å². The maximum Gasteiger partial charge on any atom is 0.338 e. The number of anilines is 1. The van der Waals surface area contributed by atoms with E-state index < -0.39 is 5.97 Å². The number of carboxylic acid groups (broad SMARTS) is 1. The molecule has 0 amide bonds. The van der Waals surface area contributed by atoms with E-state index in [1.807, 2.05) is 56.3 Å². The summed E-state index contributed by atoms with van der Waals surface area (Å²) < 4.78 is 5.48. The largest absolute Gasteiger partial charge is 0.478 e. The quantitative estimate of drug-likeness (QED) is 0.761. The molecule has 1 aromatic heterocycles. The van der Waals surface area contributed by atoms with Gasteiger partial charge >= 0.3 is 5.97 Å². The number of ether oxygens (including phenoxy) is 1. The minimum atomic E-state index is -0.928. The lowest BCUT2D eigenvalue weighted by molar-refractivity contribution is 0.0698. The third kappa shape index (κ3) is 3.26. The molecule has 2 heterocycles. The lowest BCUT2D eigenvalue weighted by Gasteiger charge is -2.32. The number of aryl methyl sites for hydroxylation is 2. The first-order valence-corrected chi connectivity index (χ1v) is 9.12. The number of aromatic nitrogens is 1. The Hall–Kier alpha value is -2.92. The van der Waals surface area contributed by atoms with Crippen LogP contribution in [-0.2, 0) is 4.74 Å². The van der Waals surface area contributed by atoms with Gasteiger partial charge in [0.2, 0.25) is 0 Å². The summed E-state index contributed by atoms with van der Waals surface area (Å²) in [7, 11) is 0. The van der Waals surface area contributed by atoms with Crippen molar-refractivity contribution in [1.82, 2.24) is 4.98 Å². The van der Waals surface area contributed by atoms with Crippen molar-refractivity contribution in [3.8, 4) is 11.3 Å². The van der Waals surface area contributed by atoms with Gasteiger partial charge in [0.05, 0.1) is 35.7 Å². The van der Waals surface area contributed by atoms with Gasteiger partial charge in [0, 0.05) is 24.0 Å². The van der Waals surface area contributed by atoms with E-state index in [0.29, 0.717) is 54.2 Å². The lowest BCUT2D eigenvalue weighted by atomic mass is 9.98. The standard InChI is InChI=1S/C22H22N2O3/c1-14-3-6-16(7-4-14)20-21(24-9-11-27-12-10-24)19(22(25)26)17-13-15(2)5-8-18(17)23-20/h3-8,13H,9-12H2,1-2H3,(H,25,26). The van der Waals surface area contributed by atoms with Crippen molar-refractivity contribution in [2.24, 2.45) is 0 Å². The van der Waals surface area contributed by atoms with Crippen LogP contribution < -0.4 is 4.90 Å². The Morgan fingerprint density at radius 3 is 2.37 bits per heavy atom. The molecule has 1 saturated heterocycles. The van der Waals surface area contributed by atoms with E-state index in [-0.39, 0.29) is 0 Å². The van der Waals surface area contributed by atoms with Gasteiger partial charge in [-0.1, -0.05) is 41.5 Å². The second kappa shape index (κ2) is 7.00. The Bertz CT molecular complexity index is 1010. The van der Waals surface area contributed by atoms with Crippen molar-refractivity contribution in [3.05, 3.63) is 59.2 Å². The Labute approximate surface area is 158 Å². The van der Waals surface area contributed by atoms with Crippen molar-refractivity contribution >= 4 is 22.6 Å². The zero-order chi connectivity index (χ0) is 19.0. The van der Waals surface area contributed by atoms with Gasteiger partial charge in [0.15, 0.2) is 0 Å². The second-order valence-electron chi connectivity index (χ2n) is 6.98. The molecule has 0 saturated carbocycles. The van der Waals surface area contributed by atoms with E-state index in [1.54, 1.807) is 0 Å². The van der Waals surface area contributed by atoms with Crippen molar-refractivity contribution in [1.29, 1.82) is 0 Å². The molecule has 138 valence electrons. The van der Waals surface area contributed by atoms with Crippen LogP contribution in [0.4, 0.5) is 5.69 Å². The summed E-state index contributed by atoms with van der Waals surface area (Å²) in [5.41, 5.74) is 5.52. The van der Waals surface area contributed by atoms with Gasteiger partial charge in [-0.05, 0) is 26.0 Å². The van der Waals surface area contributed by atoms with E-state index in [9.17, 15) is 9.90 Å². The van der Waals surface area contributed by atoms with Gasteiger partial charge in [0.25, 0.3) is 0 Å². The average molecular weight is 362 g/mol. The van der Waals surface area contributed by atoms with Gasteiger partial charge in [-0.25, -0.2) is 9.78 Å². The molecule has 5 nitrogen and oxygen atoms in total. The summed E-state index contributed by atoms with van der Waals surface area (Å²) in [6, 6.07) is 13.8. The second-order valence-corrected chi connectivity index (χ2v) is 6.98. The van der Waals surface area contributed by atoms with Gasteiger partial charge in [-0.15, -0.1) is 0 Å². The number of aromatic carboxylic acids is 1. The van der Waals surface area contributed by atoms with Crippen LogP contribution in [0.2, 0.25) is 0 Å². The van der Waals surface area contributed by atoms with Crippen LogP contribution in [0.5, 0.6) is 0 Å². The van der Waals surface area contributed by atoms with E-state index in [2.05, 4.69) is 4.90 Å². The highest BCUT2D eigenvalue weighted by Gasteiger charge is 2.26. The number of pyridine rings is 1. The number of morpholine rings is 1. The third-order valence-corrected chi connectivity index (χ3v) is 4.98. The van der Waals surface area contributed by atoms with Crippen molar-refractivity contribution in [2.75, 3.05) is 31.2 Å². The van der Waals surface area contributed by atoms with Crippen molar-refractivity contribution in [3.63, 3.8) is 0 Å². The highest BCUT2D eigenvalue weighted by Crippen LogP contribution is 2.38. The SMILES string of the molecule is Cc1ccc(-c2nc3ccc(C)cc3c(C(=O)O)c2N2CCOCC2)cc1. The van der Waals surface area contributed by atoms with E-state index in [0.717, 1.165) is 16.7 Å². The Morgan fingerprint density at radius 2 is 1.70 bits per heavy atom. The number of fused-ring (bicyclic) bond motifs is 1. The lowest BCUT2D eigenvalue weighted by Crippen LogP contribution is -2.37. The summed E-state index contributed by atoms with van der Waals surface area (Å²) in [5.74, 6) is -0.928. The molecule has 3 aromatic rings. The van der Waals surface area contributed by atoms with Crippen LogP contribution in [0.1, 0.15) is 21.5 Å². The fourth-order valence-electron chi connectivity index (χ4n) is 3.59. The Kier molecular flexibility index (Phi) is 4.54. The molecule has 27 heavy (non-hydrogen) atoms. The van der Waals surface area contributed by atoms with Crippen molar-refractivity contribution in [2.45, 2.75) is 13.8 Å². The van der Waals surface area contributed by atoms with Gasteiger partial charge in [-0.2, -0.15) is 0 Å². The highest BCUT2D eigenvalue weighted by atomic mass is 16.5. The smallest absolute Gasteiger partial charge is 0.338 e. The van der Waals surface area contributed by atoms with Crippen LogP contribution in [-0.4, -0.2) is 42.4 Å². The van der Waals surface area contributed by atoms with E-state index in [1.165, 1.54) is 0 Å². The van der Waals surface area contributed by atoms with Gasteiger partial charge in [0.1, 0.15) is 0 Å². The highest BCUT2D eigenvalue weighted by molar-refractivity contribution is 6.10. The van der Waals surface area contributed by atoms with Crippen LogP contribution in [0.15, 0.2) is 42.5 Å². The monoisotopic (exact) mass is 362 g/mol. The maximum atomic E-state index is 12.3. The molecule has 2 aromatic carbocycles. The molecule has 1 fully saturated rings. The molecule has 1 aliphatic rings. The first kappa shape index (κ1) is 17.5. The Balaban J connectivity index is 2.06. The number of carboxylic acids is 1. The summed E-state index contributed by atoms with van der Waals surface area (Å²) in [6.07, 6.45) is 0.